The molecule has 1 N–H and O–H groups in total. The molecular formula is C13H16O6. The molecule has 1 aliphatic carbocycles. The summed E-state index contributed by atoms with van der Waals surface area (Å²) >= 11 is 0. The minimum absolute atomic E-state index is 0.0151. The number of aliphatic carboxylic acids is 1. The molecular weight excluding hydrogens is 252 g/mol. The first-order valence-corrected chi connectivity index (χ1v) is 6.11. The number of carbonyl (C=O) groups excluding carboxylic acids is 4. The van der Waals surface area contributed by atoms with Crippen LogP contribution in [0.25, 0.3) is 0 Å². The van der Waals surface area contributed by atoms with E-state index < -0.39 is 22.7 Å². The van der Waals surface area contributed by atoms with Crippen LogP contribution in [0.2, 0.25) is 0 Å². The highest BCUT2D eigenvalue weighted by molar-refractivity contribution is 6.02. The highest BCUT2D eigenvalue weighted by Gasteiger charge is 2.59. The first-order chi connectivity index (χ1) is 9.03. The van der Waals surface area contributed by atoms with Crippen molar-refractivity contribution in [2.24, 2.45) is 16.7 Å². The average Bonchev–Trinajstić information content (AvgIpc) is 2.40. The fourth-order valence-corrected chi connectivity index (χ4v) is 2.81. The van der Waals surface area contributed by atoms with Crippen LogP contribution in [-0.4, -0.2) is 36.2 Å². The molecule has 1 rings (SSSR count). The third kappa shape index (κ3) is 2.22. The largest absolute Gasteiger partial charge is 0.481 e. The van der Waals surface area contributed by atoms with Gasteiger partial charge in [0.15, 0.2) is 0 Å². The van der Waals surface area contributed by atoms with Crippen molar-refractivity contribution < 1.29 is 29.1 Å². The number of aldehydes is 4. The monoisotopic (exact) mass is 268 g/mol. The van der Waals surface area contributed by atoms with E-state index >= 15 is 0 Å². The predicted molar refractivity (Wildman–Crippen MR) is 63.3 cm³/mol. The molecule has 6 nitrogen and oxygen atoms in total. The first-order valence-electron chi connectivity index (χ1n) is 6.11. The van der Waals surface area contributed by atoms with E-state index in [9.17, 15) is 29.1 Å². The van der Waals surface area contributed by atoms with Gasteiger partial charge in [-0.05, 0) is 12.8 Å². The topological polar surface area (TPSA) is 106 Å². The Labute approximate surface area is 110 Å². The van der Waals surface area contributed by atoms with Crippen molar-refractivity contribution in [1.82, 2.24) is 0 Å². The van der Waals surface area contributed by atoms with Crippen molar-refractivity contribution in [2.75, 3.05) is 0 Å². The Hall–Kier alpha value is -1.85. The van der Waals surface area contributed by atoms with E-state index in [2.05, 4.69) is 0 Å². The number of hydrogen-bond acceptors (Lipinski definition) is 5. The fourth-order valence-electron chi connectivity index (χ4n) is 2.81. The number of carboxylic acid groups (broad SMARTS) is 1. The van der Waals surface area contributed by atoms with Gasteiger partial charge in [0.05, 0.1) is 5.92 Å². The van der Waals surface area contributed by atoms with E-state index in [1.54, 1.807) is 0 Å². The standard InChI is InChI=1S/C13H16O6/c14-6-12(7-15)5-3-1-2-4-10(11(18)19)13(12,8-16)9-17/h6-10H,1-5H2,(H,18,19). The number of hydrogen-bond donors (Lipinski definition) is 1. The van der Waals surface area contributed by atoms with Crippen LogP contribution in [0.3, 0.4) is 0 Å². The highest BCUT2D eigenvalue weighted by atomic mass is 16.4. The second kappa shape index (κ2) is 5.86. The third-order valence-electron chi connectivity index (χ3n) is 4.07. The maximum Gasteiger partial charge on any atom is 0.308 e. The van der Waals surface area contributed by atoms with Crippen LogP contribution in [0.4, 0.5) is 0 Å². The summed E-state index contributed by atoms with van der Waals surface area (Å²) in [5, 5.41) is 9.23. The van der Waals surface area contributed by atoms with Gasteiger partial charge in [0.25, 0.3) is 0 Å². The second-order valence-electron chi connectivity index (χ2n) is 4.93. The first kappa shape index (κ1) is 15.2. The van der Waals surface area contributed by atoms with Crippen molar-refractivity contribution >= 4 is 31.1 Å². The molecule has 19 heavy (non-hydrogen) atoms. The third-order valence-corrected chi connectivity index (χ3v) is 4.07. The van der Waals surface area contributed by atoms with Crippen LogP contribution in [0, 0.1) is 16.7 Å². The SMILES string of the molecule is O=CC1(C=O)CCCCCC(C(=O)O)C1(C=O)C=O. The molecule has 6 heteroatoms. The van der Waals surface area contributed by atoms with Crippen LogP contribution in [0.5, 0.6) is 0 Å². The summed E-state index contributed by atoms with van der Waals surface area (Å²) < 4.78 is 0. The molecule has 0 aliphatic heterocycles. The molecule has 0 spiro atoms. The van der Waals surface area contributed by atoms with E-state index in [4.69, 9.17) is 0 Å². The molecule has 1 fully saturated rings. The average molecular weight is 268 g/mol. The maximum absolute atomic E-state index is 11.4. The zero-order valence-electron chi connectivity index (χ0n) is 10.4. The molecule has 1 atom stereocenters. The van der Waals surface area contributed by atoms with E-state index in [0.717, 1.165) is 0 Å². The van der Waals surface area contributed by atoms with Gasteiger partial charge in [0, 0.05) is 0 Å². The highest BCUT2D eigenvalue weighted by Crippen LogP contribution is 2.47. The summed E-state index contributed by atoms with van der Waals surface area (Å²) in [4.78, 5) is 56.8. The summed E-state index contributed by atoms with van der Waals surface area (Å²) in [6.07, 6.45) is 2.62. The van der Waals surface area contributed by atoms with Crippen LogP contribution in [-0.2, 0) is 24.0 Å². The minimum Gasteiger partial charge on any atom is -0.481 e. The molecule has 0 radical (unpaired) electrons. The summed E-state index contributed by atoms with van der Waals surface area (Å²) in [5.74, 6) is -2.69. The molecule has 1 aliphatic rings. The Morgan fingerprint density at radius 2 is 1.53 bits per heavy atom. The lowest BCUT2D eigenvalue weighted by molar-refractivity contribution is -0.164. The van der Waals surface area contributed by atoms with E-state index in [1.807, 2.05) is 0 Å². The summed E-state index contributed by atoms with van der Waals surface area (Å²) in [7, 11) is 0. The van der Waals surface area contributed by atoms with Crippen molar-refractivity contribution in [3.05, 3.63) is 0 Å². The lowest BCUT2D eigenvalue weighted by Gasteiger charge is -2.41. The van der Waals surface area contributed by atoms with Gasteiger partial charge in [0.2, 0.25) is 0 Å². The van der Waals surface area contributed by atoms with Gasteiger partial charge in [-0.2, -0.15) is 0 Å². The van der Waals surface area contributed by atoms with Gasteiger partial charge >= 0.3 is 5.97 Å². The zero-order chi connectivity index (χ0) is 14.5. The lowest BCUT2D eigenvalue weighted by Crippen LogP contribution is -2.55. The van der Waals surface area contributed by atoms with Crippen LogP contribution in [0.1, 0.15) is 32.1 Å². The van der Waals surface area contributed by atoms with Crippen LogP contribution >= 0.6 is 0 Å². The van der Waals surface area contributed by atoms with Gasteiger partial charge in [-0.25, -0.2) is 0 Å². The lowest BCUT2D eigenvalue weighted by atomic mass is 9.56. The summed E-state index contributed by atoms with van der Waals surface area (Å²) in [6, 6.07) is 0. The second-order valence-corrected chi connectivity index (χ2v) is 4.93. The van der Waals surface area contributed by atoms with Crippen molar-refractivity contribution in [1.29, 1.82) is 0 Å². The van der Waals surface area contributed by atoms with Gasteiger partial charge in [-0.1, -0.05) is 19.3 Å². The van der Waals surface area contributed by atoms with Crippen LogP contribution < -0.4 is 0 Å². The normalized spacial score (nSPS) is 25.4. The summed E-state index contributed by atoms with van der Waals surface area (Å²) in [6.45, 7) is 0. The molecule has 104 valence electrons. The maximum atomic E-state index is 11.4. The number of carboxylic acids is 1. The quantitative estimate of drug-likeness (QED) is 0.572. The van der Waals surface area contributed by atoms with Gasteiger partial charge in [-0.3, -0.25) is 4.79 Å². The zero-order valence-corrected chi connectivity index (χ0v) is 10.4. The van der Waals surface area contributed by atoms with Crippen molar-refractivity contribution in [3.63, 3.8) is 0 Å². The molecule has 0 bridgehead atoms. The fraction of sp³-hybridized carbons (Fsp3) is 0.615. The van der Waals surface area contributed by atoms with E-state index in [0.29, 0.717) is 19.3 Å². The van der Waals surface area contributed by atoms with Gasteiger partial charge in [-0.15, -0.1) is 0 Å². The van der Waals surface area contributed by atoms with E-state index in [1.165, 1.54) is 0 Å². The Morgan fingerprint density at radius 3 is 1.95 bits per heavy atom. The van der Waals surface area contributed by atoms with Crippen molar-refractivity contribution in [2.45, 2.75) is 32.1 Å². The Kier molecular flexibility index (Phi) is 4.69. The molecule has 0 saturated heterocycles. The smallest absolute Gasteiger partial charge is 0.308 e. The predicted octanol–water partition coefficient (Wildman–Crippen LogP) is 0.420. The molecule has 0 aromatic carbocycles. The Morgan fingerprint density at radius 1 is 0.947 bits per heavy atom. The molecule has 0 aromatic rings. The van der Waals surface area contributed by atoms with E-state index in [-0.39, 0.29) is 38.0 Å². The van der Waals surface area contributed by atoms with Crippen molar-refractivity contribution in [3.8, 4) is 0 Å². The summed E-state index contributed by atoms with van der Waals surface area (Å²) in [5.41, 5.74) is -3.98. The Balaban J connectivity index is 3.50. The van der Waals surface area contributed by atoms with Crippen LogP contribution in [0.15, 0.2) is 0 Å². The number of carbonyl (C=O) groups is 5. The van der Waals surface area contributed by atoms with Gasteiger partial charge in [0.1, 0.15) is 36.0 Å². The Bertz CT molecular complexity index is 384. The molecule has 1 saturated carbocycles. The molecule has 1 unspecified atom stereocenters. The molecule has 0 amide bonds. The molecule has 0 aromatic heterocycles. The minimum atomic E-state index is -2.11. The molecule has 0 heterocycles. The van der Waals surface area contributed by atoms with Gasteiger partial charge < -0.3 is 24.3 Å². The number of rotatable bonds is 5.